The van der Waals surface area contributed by atoms with Gasteiger partial charge in [-0.3, -0.25) is 0 Å². The van der Waals surface area contributed by atoms with Crippen molar-refractivity contribution in [2.24, 2.45) is 17.3 Å². The summed E-state index contributed by atoms with van der Waals surface area (Å²) in [6, 6.07) is 3.40. The van der Waals surface area contributed by atoms with Gasteiger partial charge in [0.25, 0.3) is 0 Å². The molecule has 0 saturated heterocycles. The van der Waals surface area contributed by atoms with E-state index in [1.54, 1.807) is 0 Å². The molecule has 2 rings (SSSR count). The highest BCUT2D eigenvalue weighted by Gasteiger charge is 2.53. The molecule has 0 N–H and O–H groups in total. The molecular formula is C25H46F2O3SSi. The second kappa shape index (κ2) is 9.77. The summed E-state index contributed by atoms with van der Waals surface area (Å²) < 4.78 is 59.7. The molecule has 0 aromatic heterocycles. The van der Waals surface area contributed by atoms with Gasteiger partial charge in [-0.1, -0.05) is 52.7 Å². The first-order valence-electron chi connectivity index (χ1n) is 12.6. The second-order valence-electron chi connectivity index (χ2n) is 11.4. The molecule has 0 heterocycles. The average molecular weight is 493 g/mol. The smallest absolute Gasteiger partial charge is 0.346 e. The van der Waals surface area contributed by atoms with E-state index in [9.17, 15) is 17.2 Å². The highest BCUT2D eigenvalue weighted by molar-refractivity contribution is 7.93. The van der Waals surface area contributed by atoms with Gasteiger partial charge in [0.2, 0.25) is 9.84 Å². The summed E-state index contributed by atoms with van der Waals surface area (Å²) in [6.45, 7) is 15.1. The molecule has 2 aliphatic carbocycles. The van der Waals surface area contributed by atoms with Gasteiger partial charge in [0.1, 0.15) is 0 Å². The van der Waals surface area contributed by atoms with E-state index in [0.29, 0.717) is 5.92 Å². The number of fused-ring (bicyclic) bond motifs is 1. The Morgan fingerprint density at radius 1 is 1.19 bits per heavy atom. The quantitative estimate of drug-likeness (QED) is 0.231. The lowest BCUT2D eigenvalue weighted by atomic mass is 9.63. The van der Waals surface area contributed by atoms with Crippen molar-refractivity contribution in [2.75, 3.05) is 0 Å². The minimum atomic E-state index is -4.54. The number of rotatable bonds is 10. The van der Waals surface area contributed by atoms with Gasteiger partial charge in [-0.25, -0.2) is 8.42 Å². The zero-order chi connectivity index (χ0) is 24.6. The van der Waals surface area contributed by atoms with Crippen molar-refractivity contribution in [3.05, 3.63) is 11.6 Å². The van der Waals surface area contributed by atoms with Crippen LogP contribution in [0.4, 0.5) is 8.78 Å². The first-order valence-corrected chi connectivity index (χ1v) is 16.6. The van der Waals surface area contributed by atoms with Crippen LogP contribution >= 0.6 is 0 Å². The summed E-state index contributed by atoms with van der Waals surface area (Å²) >= 11 is 0. The van der Waals surface area contributed by atoms with E-state index in [2.05, 4.69) is 33.8 Å². The minimum Gasteiger partial charge on any atom is -0.414 e. The summed E-state index contributed by atoms with van der Waals surface area (Å²) in [4.78, 5) is 0. The van der Waals surface area contributed by atoms with Gasteiger partial charge in [-0.15, -0.1) is 0 Å². The van der Waals surface area contributed by atoms with Crippen LogP contribution < -0.4 is 0 Å². The highest BCUT2D eigenvalue weighted by atomic mass is 32.2. The van der Waals surface area contributed by atoms with Gasteiger partial charge in [0, 0.05) is 12.5 Å². The Labute approximate surface area is 196 Å². The number of hydrogen-bond acceptors (Lipinski definition) is 3. The molecule has 32 heavy (non-hydrogen) atoms. The lowest BCUT2D eigenvalue weighted by Crippen LogP contribution is -2.48. The van der Waals surface area contributed by atoms with Gasteiger partial charge >= 0.3 is 5.25 Å². The molecule has 0 spiro atoms. The van der Waals surface area contributed by atoms with E-state index < -0.39 is 34.6 Å². The predicted octanol–water partition coefficient (Wildman–Crippen LogP) is 7.74. The van der Waals surface area contributed by atoms with Crippen LogP contribution in [0.2, 0.25) is 18.1 Å². The highest BCUT2D eigenvalue weighted by Crippen LogP contribution is 2.56. The number of allylic oxidation sites excluding steroid dienone is 2. The molecule has 0 aromatic rings. The Morgan fingerprint density at radius 3 is 2.25 bits per heavy atom. The Morgan fingerprint density at radius 2 is 1.75 bits per heavy atom. The molecule has 188 valence electrons. The number of sulfone groups is 1. The van der Waals surface area contributed by atoms with Crippen LogP contribution in [0.3, 0.4) is 0 Å². The molecule has 0 aliphatic heterocycles. The number of halogens is 2. The molecule has 3 nitrogen and oxygen atoms in total. The van der Waals surface area contributed by atoms with Crippen molar-refractivity contribution in [1.82, 2.24) is 0 Å². The molecule has 7 heteroatoms. The van der Waals surface area contributed by atoms with Crippen LogP contribution in [0.1, 0.15) is 93.9 Å². The summed E-state index contributed by atoms with van der Waals surface area (Å²) in [5.41, 5.74) is 1.21. The standard InChI is InChI=1S/C25H46F2O3SSi/c1-9-32(10-2,11-3)30-22-13-12-17-24(8)20(14-15-21(22)24)19(4)16-18-25(26,27)31(28,29)23(5,6)7/h14,19,21-22H,9-13,15-18H2,1-8H3/t19-,21+,22?,24-/m1/s1. The molecule has 0 aromatic carbocycles. The van der Waals surface area contributed by atoms with Crippen molar-refractivity contribution < 1.29 is 21.6 Å². The van der Waals surface area contributed by atoms with E-state index in [1.807, 2.05) is 6.92 Å². The van der Waals surface area contributed by atoms with Gasteiger partial charge in [0.05, 0.1) is 4.75 Å². The van der Waals surface area contributed by atoms with Crippen molar-refractivity contribution in [3.63, 3.8) is 0 Å². The third-order valence-corrected chi connectivity index (χ3v) is 15.9. The van der Waals surface area contributed by atoms with Crippen LogP contribution in [0.15, 0.2) is 11.6 Å². The maximum atomic E-state index is 14.7. The van der Waals surface area contributed by atoms with Crippen molar-refractivity contribution >= 4 is 18.2 Å². The molecule has 1 fully saturated rings. The van der Waals surface area contributed by atoms with Crippen LogP contribution in [0, 0.1) is 17.3 Å². The van der Waals surface area contributed by atoms with E-state index >= 15 is 0 Å². The molecule has 1 unspecified atom stereocenters. The number of hydrogen-bond donors (Lipinski definition) is 0. The lowest BCUT2D eigenvalue weighted by molar-refractivity contribution is 0.0162. The molecule has 2 aliphatic rings. The predicted molar refractivity (Wildman–Crippen MR) is 132 cm³/mol. The van der Waals surface area contributed by atoms with Gasteiger partial charge < -0.3 is 4.43 Å². The van der Waals surface area contributed by atoms with E-state index in [-0.39, 0.29) is 23.9 Å². The summed E-state index contributed by atoms with van der Waals surface area (Å²) in [7, 11) is -6.25. The van der Waals surface area contributed by atoms with Crippen molar-refractivity contribution in [2.45, 2.75) is 128 Å². The Bertz CT molecular complexity index is 775. The lowest BCUT2D eigenvalue weighted by Gasteiger charge is -2.48. The van der Waals surface area contributed by atoms with Crippen LogP contribution in [0.5, 0.6) is 0 Å². The molecule has 0 radical (unpaired) electrons. The second-order valence-corrected chi connectivity index (χ2v) is 19.0. The molecule has 0 amide bonds. The van der Waals surface area contributed by atoms with Crippen LogP contribution in [-0.4, -0.2) is 32.8 Å². The third-order valence-electron chi connectivity index (χ3n) is 8.64. The van der Waals surface area contributed by atoms with Gasteiger partial charge in [0.15, 0.2) is 8.32 Å². The average Bonchev–Trinajstić information content (AvgIpc) is 3.07. The SMILES string of the molecule is CC[Si](CC)(CC)OC1CCC[C@]2(C)C([C@H](C)CCC(F)(F)S(=O)(=O)C(C)(C)C)=CC[C@@H]12. The molecular weight excluding hydrogens is 446 g/mol. The third kappa shape index (κ3) is 5.05. The normalized spacial score (nSPS) is 28.4. The van der Waals surface area contributed by atoms with Crippen LogP contribution in [0.25, 0.3) is 0 Å². The Kier molecular flexibility index (Phi) is 8.54. The largest absolute Gasteiger partial charge is 0.414 e. The maximum Gasteiger partial charge on any atom is 0.346 e. The Hall–Kier alpha value is -0.273. The number of alkyl halides is 2. The van der Waals surface area contributed by atoms with Gasteiger partial charge in [-0.2, -0.15) is 8.78 Å². The Balaban J connectivity index is 2.14. The first-order chi connectivity index (χ1) is 14.6. The zero-order valence-electron chi connectivity index (χ0n) is 21.6. The fourth-order valence-corrected chi connectivity index (χ4v) is 10.3. The van der Waals surface area contributed by atoms with Gasteiger partial charge in [-0.05, 0) is 81.8 Å². The fraction of sp³-hybridized carbons (Fsp3) is 0.920. The molecule has 1 saturated carbocycles. The summed E-state index contributed by atoms with van der Waals surface area (Å²) in [6.07, 6.45) is 6.26. The van der Waals surface area contributed by atoms with Crippen molar-refractivity contribution in [1.29, 1.82) is 0 Å². The van der Waals surface area contributed by atoms with E-state index in [1.165, 1.54) is 26.3 Å². The molecule has 4 atom stereocenters. The maximum absolute atomic E-state index is 14.7. The fourth-order valence-electron chi connectivity index (χ4n) is 6.07. The van der Waals surface area contributed by atoms with E-state index in [4.69, 9.17) is 4.43 Å². The monoisotopic (exact) mass is 492 g/mol. The minimum absolute atomic E-state index is 0.0319. The summed E-state index contributed by atoms with van der Waals surface area (Å²) in [5, 5.41) is -3.70. The van der Waals surface area contributed by atoms with E-state index in [0.717, 1.165) is 43.8 Å². The zero-order valence-corrected chi connectivity index (χ0v) is 23.4. The molecule has 0 bridgehead atoms. The van der Waals surface area contributed by atoms with Crippen LogP contribution in [-0.2, 0) is 14.3 Å². The summed E-state index contributed by atoms with van der Waals surface area (Å²) in [5.74, 6) is 0.347. The first kappa shape index (κ1) is 28.0. The topological polar surface area (TPSA) is 43.4 Å². The van der Waals surface area contributed by atoms with Crippen molar-refractivity contribution in [3.8, 4) is 0 Å².